The first-order valence-electron chi connectivity index (χ1n) is 7.40. The SMILES string of the molecule is CN(Cc1ccc(C=CC(=O)O)cc1)CC1CCCOC1. The highest BCUT2D eigenvalue weighted by Gasteiger charge is 2.15. The Kier molecular flexibility index (Phi) is 5.96. The van der Waals surface area contributed by atoms with Crippen molar-refractivity contribution in [2.45, 2.75) is 19.4 Å². The molecule has 0 spiro atoms. The molecular weight excluding hydrogens is 266 g/mol. The van der Waals surface area contributed by atoms with Crippen LogP contribution in [0.5, 0.6) is 0 Å². The van der Waals surface area contributed by atoms with E-state index in [1.165, 1.54) is 18.4 Å². The first-order valence-corrected chi connectivity index (χ1v) is 7.40. The van der Waals surface area contributed by atoms with E-state index < -0.39 is 5.97 Å². The number of aliphatic carboxylic acids is 1. The zero-order valence-corrected chi connectivity index (χ0v) is 12.5. The number of ether oxygens (including phenoxy) is 1. The minimum atomic E-state index is -0.923. The summed E-state index contributed by atoms with van der Waals surface area (Å²) in [5.74, 6) is -0.282. The smallest absolute Gasteiger partial charge is 0.328 e. The van der Waals surface area contributed by atoms with Crippen LogP contribution in [-0.2, 0) is 16.1 Å². The third-order valence-electron chi connectivity index (χ3n) is 3.68. The van der Waals surface area contributed by atoms with E-state index in [-0.39, 0.29) is 0 Å². The maximum Gasteiger partial charge on any atom is 0.328 e. The molecule has 1 aromatic rings. The Labute approximate surface area is 126 Å². The van der Waals surface area contributed by atoms with Gasteiger partial charge in [0.15, 0.2) is 0 Å². The van der Waals surface area contributed by atoms with E-state index in [1.54, 1.807) is 6.08 Å². The van der Waals surface area contributed by atoms with Gasteiger partial charge >= 0.3 is 5.97 Å². The third-order valence-corrected chi connectivity index (χ3v) is 3.68. The van der Waals surface area contributed by atoms with Gasteiger partial charge in [-0.15, -0.1) is 0 Å². The minimum absolute atomic E-state index is 0.640. The van der Waals surface area contributed by atoms with Crippen molar-refractivity contribution in [2.75, 3.05) is 26.8 Å². The Balaban J connectivity index is 1.83. The van der Waals surface area contributed by atoms with Crippen molar-refractivity contribution >= 4 is 12.0 Å². The molecule has 0 aromatic heterocycles. The average Bonchev–Trinajstić information content (AvgIpc) is 2.47. The molecule has 21 heavy (non-hydrogen) atoms. The fraction of sp³-hybridized carbons (Fsp3) is 0.471. The summed E-state index contributed by atoms with van der Waals surface area (Å²) in [4.78, 5) is 12.8. The van der Waals surface area contributed by atoms with Crippen molar-refractivity contribution in [1.82, 2.24) is 4.90 Å². The van der Waals surface area contributed by atoms with Crippen molar-refractivity contribution in [3.05, 3.63) is 41.5 Å². The van der Waals surface area contributed by atoms with Gasteiger partial charge in [0.05, 0.1) is 6.61 Å². The van der Waals surface area contributed by atoms with Gasteiger partial charge in [0.25, 0.3) is 0 Å². The zero-order chi connectivity index (χ0) is 15.1. The van der Waals surface area contributed by atoms with Gasteiger partial charge in [0, 0.05) is 25.8 Å². The normalized spacial score (nSPS) is 19.2. The van der Waals surface area contributed by atoms with E-state index in [4.69, 9.17) is 9.84 Å². The molecule has 114 valence electrons. The van der Waals surface area contributed by atoms with Gasteiger partial charge in [0.1, 0.15) is 0 Å². The standard InChI is InChI=1S/C17H23NO3/c1-18(12-16-3-2-10-21-13-16)11-15-6-4-14(5-7-15)8-9-17(19)20/h4-9,16H,2-3,10-13H2,1H3,(H,19,20). The molecule has 0 bridgehead atoms. The quantitative estimate of drug-likeness (QED) is 0.818. The Morgan fingerprint density at radius 1 is 1.43 bits per heavy atom. The largest absolute Gasteiger partial charge is 0.478 e. The van der Waals surface area contributed by atoms with E-state index >= 15 is 0 Å². The monoisotopic (exact) mass is 289 g/mol. The fourth-order valence-electron chi connectivity index (χ4n) is 2.67. The van der Waals surface area contributed by atoms with Gasteiger partial charge in [-0.25, -0.2) is 4.79 Å². The van der Waals surface area contributed by atoms with Gasteiger partial charge in [-0.1, -0.05) is 24.3 Å². The van der Waals surface area contributed by atoms with Crippen molar-refractivity contribution in [3.63, 3.8) is 0 Å². The first-order chi connectivity index (χ1) is 10.1. The van der Waals surface area contributed by atoms with Crippen LogP contribution in [0.1, 0.15) is 24.0 Å². The highest BCUT2D eigenvalue weighted by molar-refractivity contribution is 5.85. The summed E-state index contributed by atoms with van der Waals surface area (Å²) >= 11 is 0. The van der Waals surface area contributed by atoms with E-state index in [0.29, 0.717) is 5.92 Å². The summed E-state index contributed by atoms with van der Waals surface area (Å²) in [5, 5.41) is 8.60. The lowest BCUT2D eigenvalue weighted by Crippen LogP contribution is -2.30. The number of carbonyl (C=O) groups is 1. The number of benzene rings is 1. The molecule has 1 N–H and O–H groups in total. The molecule has 0 amide bonds. The highest BCUT2D eigenvalue weighted by atomic mass is 16.5. The van der Waals surface area contributed by atoms with Crippen LogP contribution in [-0.4, -0.2) is 42.8 Å². The van der Waals surface area contributed by atoms with Crippen LogP contribution in [0.25, 0.3) is 6.08 Å². The number of hydrogen-bond acceptors (Lipinski definition) is 3. The summed E-state index contributed by atoms with van der Waals surface area (Å²) < 4.78 is 5.51. The highest BCUT2D eigenvalue weighted by Crippen LogP contribution is 2.16. The molecule has 1 aromatic carbocycles. The maximum atomic E-state index is 10.5. The van der Waals surface area contributed by atoms with Crippen molar-refractivity contribution in [1.29, 1.82) is 0 Å². The molecule has 0 saturated carbocycles. The zero-order valence-electron chi connectivity index (χ0n) is 12.5. The second-order valence-electron chi connectivity index (χ2n) is 5.69. The van der Waals surface area contributed by atoms with Gasteiger partial charge in [0.2, 0.25) is 0 Å². The summed E-state index contributed by atoms with van der Waals surface area (Å²) in [6.45, 7) is 3.74. The first kappa shape index (κ1) is 15.7. The Hall–Kier alpha value is -1.65. The van der Waals surface area contributed by atoms with Crippen LogP contribution in [0, 0.1) is 5.92 Å². The van der Waals surface area contributed by atoms with Gasteiger partial charge < -0.3 is 14.7 Å². The van der Waals surface area contributed by atoms with Crippen molar-refractivity contribution in [3.8, 4) is 0 Å². The summed E-state index contributed by atoms with van der Waals surface area (Å²) in [5.41, 5.74) is 2.14. The fourth-order valence-corrected chi connectivity index (χ4v) is 2.67. The average molecular weight is 289 g/mol. The molecule has 4 nitrogen and oxygen atoms in total. The van der Waals surface area contributed by atoms with E-state index in [9.17, 15) is 4.79 Å². The molecule has 1 aliphatic heterocycles. The molecule has 1 aliphatic rings. The minimum Gasteiger partial charge on any atom is -0.478 e. The topological polar surface area (TPSA) is 49.8 Å². The molecule has 1 saturated heterocycles. The molecule has 1 fully saturated rings. The second-order valence-corrected chi connectivity index (χ2v) is 5.69. The number of nitrogens with zero attached hydrogens (tertiary/aromatic N) is 1. The maximum absolute atomic E-state index is 10.5. The van der Waals surface area contributed by atoms with E-state index in [0.717, 1.165) is 37.9 Å². The Bertz CT molecular complexity index is 475. The molecular formula is C17H23NO3. The van der Waals surface area contributed by atoms with E-state index in [2.05, 4.69) is 24.1 Å². The van der Waals surface area contributed by atoms with Crippen LogP contribution >= 0.6 is 0 Å². The summed E-state index contributed by atoms with van der Waals surface area (Å²) in [6, 6.07) is 8.00. The number of carboxylic acid groups (broad SMARTS) is 1. The van der Waals surface area contributed by atoms with E-state index in [1.807, 2.05) is 12.1 Å². The van der Waals surface area contributed by atoms with Crippen LogP contribution in [0.15, 0.2) is 30.3 Å². The Morgan fingerprint density at radius 3 is 2.81 bits per heavy atom. The molecule has 1 heterocycles. The summed E-state index contributed by atoms with van der Waals surface area (Å²) in [6.07, 6.45) is 5.19. The van der Waals surface area contributed by atoms with Crippen LogP contribution in [0.3, 0.4) is 0 Å². The van der Waals surface area contributed by atoms with Gasteiger partial charge in [-0.2, -0.15) is 0 Å². The van der Waals surface area contributed by atoms with Gasteiger partial charge in [-0.3, -0.25) is 0 Å². The van der Waals surface area contributed by atoms with Gasteiger partial charge in [-0.05, 0) is 43.0 Å². The predicted molar refractivity (Wildman–Crippen MR) is 83.0 cm³/mol. The Morgan fingerprint density at radius 2 is 2.19 bits per heavy atom. The van der Waals surface area contributed by atoms with Crippen molar-refractivity contribution in [2.24, 2.45) is 5.92 Å². The number of rotatable bonds is 6. The summed E-state index contributed by atoms with van der Waals surface area (Å²) in [7, 11) is 2.13. The third kappa shape index (κ3) is 5.69. The molecule has 1 atom stereocenters. The molecule has 4 heteroatoms. The number of hydrogen-bond donors (Lipinski definition) is 1. The number of carboxylic acids is 1. The molecule has 1 unspecified atom stereocenters. The van der Waals surface area contributed by atoms with Crippen molar-refractivity contribution < 1.29 is 14.6 Å². The lowest BCUT2D eigenvalue weighted by Gasteiger charge is -2.27. The van der Waals surface area contributed by atoms with Crippen LogP contribution in [0.2, 0.25) is 0 Å². The lowest BCUT2D eigenvalue weighted by atomic mass is 10.0. The second kappa shape index (κ2) is 7.96. The molecule has 0 aliphatic carbocycles. The van der Waals surface area contributed by atoms with Crippen LogP contribution < -0.4 is 0 Å². The molecule has 0 radical (unpaired) electrons. The van der Waals surface area contributed by atoms with Crippen LogP contribution in [0.4, 0.5) is 0 Å². The lowest BCUT2D eigenvalue weighted by molar-refractivity contribution is -0.131. The predicted octanol–water partition coefficient (Wildman–Crippen LogP) is 2.64. The molecule has 2 rings (SSSR count).